The molecule has 4 aromatic rings. The van der Waals surface area contributed by atoms with Crippen molar-refractivity contribution in [2.75, 3.05) is 35.8 Å². The first-order valence-corrected chi connectivity index (χ1v) is 13.1. The predicted octanol–water partition coefficient (Wildman–Crippen LogP) is 4.27. The minimum atomic E-state index is -3.84. The van der Waals surface area contributed by atoms with Gasteiger partial charge in [-0.25, -0.2) is 23.4 Å². The molecule has 4 heterocycles. The average Bonchev–Trinajstić information content (AvgIpc) is 3.27. The highest BCUT2D eigenvalue weighted by atomic mass is 35.5. The van der Waals surface area contributed by atoms with E-state index < -0.39 is 10.0 Å². The van der Waals surface area contributed by atoms with Gasteiger partial charge < -0.3 is 10.2 Å². The maximum absolute atomic E-state index is 12.7. The molecule has 1 fully saturated rings. The molecule has 0 amide bonds. The Morgan fingerprint density at radius 1 is 1.00 bits per heavy atom. The molecule has 0 atom stereocenters. The summed E-state index contributed by atoms with van der Waals surface area (Å²) in [4.78, 5) is 15.4. The quantitative estimate of drug-likeness (QED) is 0.379. The molecule has 2 N–H and O–H groups in total. The largest absolute Gasteiger partial charge is 0.353 e. The van der Waals surface area contributed by atoms with E-state index in [2.05, 4.69) is 29.9 Å². The summed E-state index contributed by atoms with van der Waals surface area (Å²) < 4.78 is 28.5. The van der Waals surface area contributed by atoms with Crippen LogP contribution in [0.1, 0.15) is 0 Å². The van der Waals surface area contributed by atoms with Gasteiger partial charge in [0.15, 0.2) is 5.15 Å². The summed E-state index contributed by atoms with van der Waals surface area (Å²) in [7, 11) is -3.84. The van der Waals surface area contributed by atoms with Crippen molar-refractivity contribution in [3.8, 4) is 11.1 Å². The van der Waals surface area contributed by atoms with E-state index in [0.717, 1.165) is 59.8 Å². The first kappa shape index (κ1) is 22.3. The zero-order valence-electron chi connectivity index (χ0n) is 17.1. The molecule has 1 aliphatic heterocycles. The summed E-state index contributed by atoms with van der Waals surface area (Å²) in [6.07, 6.45) is 3.19. The van der Waals surface area contributed by atoms with E-state index >= 15 is 0 Å². The lowest BCUT2D eigenvalue weighted by Crippen LogP contribution is -2.44. The van der Waals surface area contributed by atoms with Crippen molar-refractivity contribution < 1.29 is 8.42 Å². The lowest BCUT2D eigenvalue weighted by atomic mass is 10.0. The highest BCUT2D eigenvalue weighted by Crippen LogP contribution is 2.33. The van der Waals surface area contributed by atoms with Crippen LogP contribution in [0.4, 0.5) is 11.5 Å². The van der Waals surface area contributed by atoms with Crippen LogP contribution >= 0.6 is 34.5 Å². The monoisotopic (exact) mass is 520 g/mol. The second-order valence-electron chi connectivity index (χ2n) is 7.39. The SMILES string of the molecule is O=S(=O)(Nc1cc(-c2ccc3ncnc(N4CCNCC4)c3c2)cnc1Cl)c1ccc(Cl)s1. The summed E-state index contributed by atoms with van der Waals surface area (Å²) in [5.41, 5.74) is 2.57. The minimum absolute atomic E-state index is 0.0515. The Morgan fingerprint density at radius 3 is 2.58 bits per heavy atom. The van der Waals surface area contributed by atoms with Crippen molar-refractivity contribution in [1.82, 2.24) is 20.3 Å². The highest BCUT2D eigenvalue weighted by molar-refractivity contribution is 7.94. The van der Waals surface area contributed by atoms with Crippen LogP contribution in [0.5, 0.6) is 0 Å². The normalized spacial score (nSPS) is 14.5. The number of thiophene rings is 1. The molecule has 1 aliphatic rings. The van der Waals surface area contributed by atoms with E-state index in [9.17, 15) is 8.42 Å². The lowest BCUT2D eigenvalue weighted by Gasteiger charge is -2.29. The fourth-order valence-corrected chi connectivity index (χ4v) is 6.41. The number of sulfonamides is 1. The number of nitrogens with zero attached hydrogens (tertiary/aromatic N) is 4. The number of anilines is 2. The first-order valence-electron chi connectivity index (χ1n) is 10.1. The molecule has 0 saturated carbocycles. The number of fused-ring (bicyclic) bond motifs is 1. The molecule has 0 aliphatic carbocycles. The van der Waals surface area contributed by atoms with Gasteiger partial charge in [-0.1, -0.05) is 29.3 Å². The standard InChI is InChI=1S/C21H18Cl2N6O2S2/c22-18-3-4-19(32-18)33(30,31)28-17-10-14(11-25-20(17)23)13-1-2-16-15(9-13)21(27-12-26-16)29-7-5-24-6-8-29/h1-4,9-12,24,28H,5-8H2. The van der Waals surface area contributed by atoms with Gasteiger partial charge in [-0.15, -0.1) is 11.3 Å². The first-order chi connectivity index (χ1) is 15.9. The zero-order chi connectivity index (χ0) is 23.0. The smallest absolute Gasteiger partial charge is 0.271 e. The Bertz CT molecular complexity index is 1440. The molecule has 0 radical (unpaired) electrons. The molecule has 1 saturated heterocycles. The summed E-state index contributed by atoms with van der Waals surface area (Å²) in [6.45, 7) is 3.51. The second kappa shape index (κ2) is 9.03. The van der Waals surface area contributed by atoms with Gasteiger partial charge in [0, 0.05) is 43.3 Å². The van der Waals surface area contributed by atoms with E-state index in [0.29, 0.717) is 9.90 Å². The van der Waals surface area contributed by atoms with Gasteiger partial charge in [0.05, 0.1) is 15.5 Å². The number of aromatic nitrogens is 3. The van der Waals surface area contributed by atoms with E-state index in [-0.39, 0.29) is 15.0 Å². The number of rotatable bonds is 5. The topological polar surface area (TPSA) is 100 Å². The van der Waals surface area contributed by atoms with Crippen molar-refractivity contribution in [3.05, 3.63) is 58.4 Å². The Hall–Kier alpha value is -2.50. The molecular formula is C21H18Cl2N6O2S2. The molecular weight excluding hydrogens is 503 g/mol. The minimum Gasteiger partial charge on any atom is -0.353 e. The summed E-state index contributed by atoms with van der Waals surface area (Å²) in [5.74, 6) is 0.876. The van der Waals surface area contributed by atoms with Gasteiger partial charge in [-0.05, 0) is 35.9 Å². The molecule has 12 heteroatoms. The van der Waals surface area contributed by atoms with E-state index in [1.165, 1.54) is 12.1 Å². The van der Waals surface area contributed by atoms with Crippen molar-refractivity contribution in [2.45, 2.75) is 4.21 Å². The van der Waals surface area contributed by atoms with Crippen molar-refractivity contribution in [1.29, 1.82) is 0 Å². The van der Waals surface area contributed by atoms with Crippen LogP contribution in [-0.2, 0) is 10.0 Å². The van der Waals surface area contributed by atoms with Crippen LogP contribution in [0.25, 0.3) is 22.0 Å². The number of pyridine rings is 1. The van der Waals surface area contributed by atoms with Gasteiger partial charge in [0.1, 0.15) is 16.4 Å². The summed E-state index contributed by atoms with van der Waals surface area (Å²) >= 11 is 13.1. The molecule has 5 rings (SSSR count). The average molecular weight is 521 g/mol. The molecule has 33 heavy (non-hydrogen) atoms. The van der Waals surface area contributed by atoms with Gasteiger partial charge in [-0.2, -0.15) is 0 Å². The Balaban J connectivity index is 1.52. The number of halogens is 2. The number of hydrogen-bond donors (Lipinski definition) is 2. The number of nitrogens with one attached hydrogen (secondary N) is 2. The van der Waals surface area contributed by atoms with Gasteiger partial charge in [-0.3, -0.25) is 4.72 Å². The third-order valence-electron chi connectivity index (χ3n) is 5.26. The van der Waals surface area contributed by atoms with Crippen LogP contribution in [0.2, 0.25) is 9.49 Å². The van der Waals surface area contributed by atoms with E-state index in [1.54, 1.807) is 18.6 Å². The van der Waals surface area contributed by atoms with Crippen LogP contribution in [0, 0.1) is 0 Å². The highest BCUT2D eigenvalue weighted by Gasteiger charge is 2.20. The molecule has 0 bridgehead atoms. The summed E-state index contributed by atoms with van der Waals surface area (Å²) in [5, 5.41) is 4.31. The van der Waals surface area contributed by atoms with Crippen LogP contribution in [-0.4, -0.2) is 49.5 Å². The second-order valence-corrected chi connectivity index (χ2v) is 11.4. The maximum atomic E-state index is 12.7. The molecule has 0 spiro atoms. The molecule has 8 nitrogen and oxygen atoms in total. The molecule has 1 aromatic carbocycles. The van der Waals surface area contributed by atoms with Crippen LogP contribution in [0.15, 0.2) is 53.1 Å². The Morgan fingerprint density at radius 2 is 1.82 bits per heavy atom. The summed E-state index contributed by atoms with van der Waals surface area (Å²) in [6, 6.07) is 10.5. The van der Waals surface area contributed by atoms with Gasteiger partial charge in [0.2, 0.25) is 0 Å². The molecule has 170 valence electrons. The van der Waals surface area contributed by atoms with Crippen LogP contribution < -0.4 is 14.9 Å². The number of piperazine rings is 1. The maximum Gasteiger partial charge on any atom is 0.271 e. The fraction of sp³-hybridized carbons (Fsp3) is 0.190. The predicted molar refractivity (Wildman–Crippen MR) is 133 cm³/mol. The Kier molecular flexibility index (Phi) is 6.11. The van der Waals surface area contributed by atoms with Crippen molar-refractivity contribution in [3.63, 3.8) is 0 Å². The van der Waals surface area contributed by atoms with Gasteiger partial charge in [0.25, 0.3) is 10.0 Å². The molecule has 0 unspecified atom stereocenters. The molecule has 3 aromatic heterocycles. The van der Waals surface area contributed by atoms with Crippen LogP contribution in [0.3, 0.4) is 0 Å². The van der Waals surface area contributed by atoms with Crippen molar-refractivity contribution in [2.24, 2.45) is 0 Å². The number of hydrogen-bond acceptors (Lipinski definition) is 8. The fourth-order valence-electron chi connectivity index (χ4n) is 3.67. The zero-order valence-corrected chi connectivity index (χ0v) is 20.3. The lowest BCUT2D eigenvalue weighted by molar-refractivity contribution is 0.586. The van der Waals surface area contributed by atoms with Crippen molar-refractivity contribution >= 4 is 67.0 Å². The third kappa shape index (κ3) is 4.62. The van der Waals surface area contributed by atoms with Gasteiger partial charge >= 0.3 is 0 Å². The van der Waals surface area contributed by atoms with E-state index in [4.69, 9.17) is 23.2 Å². The van der Waals surface area contributed by atoms with E-state index in [1.807, 2.05) is 18.2 Å². The number of benzene rings is 1. The third-order valence-corrected chi connectivity index (χ3v) is 8.65. The Labute approximate surface area is 204 Å².